The molecule has 0 amide bonds. The van der Waals surface area contributed by atoms with Gasteiger partial charge in [0.15, 0.2) is 5.22 Å². The molecule has 0 saturated carbocycles. The molecule has 0 fully saturated rings. The van der Waals surface area contributed by atoms with Gasteiger partial charge >= 0.3 is 0 Å². The van der Waals surface area contributed by atoms with Crippen LogP contribution in [0.1, 0.15) is 24.3 Å². The lowest BCUT2D eigenvalue weighted by molar-refractivity contribution is 0.430. The molecule has 98 valence electrons. The van der Waals surface area contributed by atoms with Crippen molar-refractivity contribution in [1.82, 2.24) is 5.32 Å². The van der Waals surface area contributed by atoms with E-state index in [9.17, 15) is 0 Å². The van der Waals surface area contributed by atoms with E-state index in [4.69, 9.17) is 20.4 Å². The molecule has 3 rings (SSSR count). The summed E-state index contributed by atoms with van der Waals surface area (Å²) in [5.41, 5.74) is 1.80. The second-order valence-electron chi connectivity index (χ2n) is 4.47. The van der Waals surface area contributed by atoms with Crippen molar-refractivity contribution in [2.45, 2.75) is 19.5 Å². The van der Waals surface area contributed by atoms with Crippen LogP contribution in [-0.4, -0.2) is 0 Å². The van der Waals surface area contributed by atoms with Crippen LogP contribution in [0.5, 0.6) is 0 Å². The summed E-state index contributed by atoms with van der Waals surface area (Å²) >= 11 is 6.15. The van der Waals surface area contributed by atoms with Crippen LogP contribution in [-0.2, 0) is 6.54 Å². The molecule has 0 radical (unpaired) electrons. The third kappa shape index (κ3) is 2.39. The molecule has 0 spiro atoms. The summed E-state index contributed by atoms with van der Waals surface area (Å²) in [5.74, 6) is 0.906. The molecule has 3 nitrogen and oxygen atoms in total. The van der Waals surface area contributed by atoms with Crippen LogP contribution in [0.15, 0.2) is 51.5 Å². The van der Waals surface area contributed by atoms with E-state index in [2.05, 4.69) is 12.2 Å². The second-order valence-corrected chi connectivity index (χ2v) is 4.81. The number of furan rings is 2. The van der Waals surface area contributed by atoms with Crippen molar-refractivity contribution in [3.05, 3.63) is 59.2 Å². The third-order valence-corrected chi connectivity index (χ3v) is 3.51. The molecular weight excluding hydrogens is 262 g/mol. The number of para-hydroxylation sites is 1. The Morgan fingerprint density at radius 3 is 2.84 bits per heavy atom. The molecule has 0 aliphatic heterocycles. The summed E-state index contributed by atoms with van der Waals surface area (Å²) in [6.07, 6.45) is 1.67. The monoisotopic (exact) mass is 275 g/mol. The van der Waals surface area contributed by atoms with Crippen LogP contribution in [0.4, 0.5) is 0 Å². The minimum Gasteiger partial charge on any atom is -0.468 e. The molecule has 4 heteroatoms. The quantitative estimate of drug-likeness (QED) is 0.760. The Labute approximate surface area is 116 Å². The molecule has 1 aromatic carbocycles. The van der Waals surface area contributed by atoms with Crippen LogP contribution in [0.3, 0.4) is 0 Å². The zero-order valence-corrected chi connectivity index (χ0v) is 11.3. The van der Waals surface area contributed by atoms with E-state index in [1.165, 1.54) is 0 Å². The SMILES string of the molecule is C[C@H](NCc1c(Cl)oc2ccccc12)c1ccco1. The maximum Gasteiger partial charge on any atom is 0.199 e. The largest absolute Gasteiger partial charge is 0.468 e. The fourth-order valence-electron chi connectivity index (χ4n) is 2.13. The van der Waals surface area contributed by atoms with E-state index in [1.54, 1.807) is 6.26 Å². The van der Waals surface area contributed by atoms with Crippen LogP contribution >= 0.6 is 11.6 Å². The Bertz CT molecular complexity index is 673. The highest BCUT2D eigenvalue weighted by Gasteiger charge is 2.14. The molecule has 0 bridgehead atoms. The second kappa shape index (κ2) is 5.11. The van der Waals surface area contributed by atoms with E-state index in [-0.39, 0.29) is 6.04 Å². The van der Waals surface area contributed by atoms with Crippen molar-refractivity contribution in [2.24, 2.45) is 0 Å². The smallest absolute Gasteiger partial charge is 0.199 e. The van der Waals surface area contributed by atoms with E-state index >= 15 is 0 Å². The van der Waals surface area contributed by atoms with Gasteiger partial charge in [0.05, 0.1) is 12.3 Å². The van der Waals surface area contributed by atoms with Crippen LogP contribution < -0.4 is 5.32 Å². The zero-order valence-electron chi connectivity index (χ0n) is 10.5. The van der Waals surface area contributed by atoms with E-state index in [0.29, 0.717) is 11.8 Å². The Morgan fingerprint density at radius 1 is 1.21 bits per heavy atom. The Morgan fingerprint density at radius 2 is 2.05 bits per heavy atom. The molecule has 0 unspecified atom stereocenters. The third-order valence-electron chi connectivity index (χ3n) is 3.20. The van der Waals surface area contributed by atoms with Crippen molar-refractivity contribution >= 4 is 22.6 Å². The molecule has 1 atom stereocenters. The standard InChI is InChI=1S/C15H14ClNO2/c1-10(13-7-4-8-18-13)17-9-12-11-5-2-3-6-14(11)19-15(12)16/h2-8,10,17H,9H2,1H3/t10-/m0/s1. The summed E-state index contributed by atoms with van der Waals surface area (Å²) in [7, 11) is 0. The molecule has 0 aliphatic rings. The summed E-state index contributed by atoms with van der Waals surface area (Å²) < 4.78 is 10.9. The van der Waals surface area contributed by atoms with Crippen LogP contribution in [0.2, 0.25) is 5.22 Å². The summed E-state index contributed by atoms with van der Waals surface area (Å²) in [4.78, 5) is 0. The topological polar surface area (TPSA) is 38.3 Å². The van der Waals surface area contributed by atoms with Gasteiger partial charge in [-0.1, -0.05) is 18.2 Å². The lowest BCUT2D eigenvalue weighted by atomic mass is 10.1. The highest BCUT2D eigenvalue weighted by Crippen LogP contribution is 2.29. The van der Waals surface area contributed by atoms with Gasteiger partial charge in [-0.15, -0.1) is 0 Å². The van der Waals surface area contributed by atoms with Crippen molar-refractivity contribution in [2.75, 3.05) is 0 Å². The molecule has 2 heterocycles. The number of fused-ring (bicyclic) bond motifs is 1. The lowest BCUT2D eigenvalue weighted by Gasteiger charge is -2.10. The van der Waals surface area contributed by atoms with Gasteiger partial charge in [-0.05, 0) is 36.7 Å². The van der Waals surface area contributed by atoms with Gasteiger partial charge in [0, 0.05) is 17.5 Å². The first-order valence-electron chi connectivity index (χ1n) is 6.18. The number of benzene rings is 1. The van der Waals surface area contributed by atoms with Gasteiger partial charge in [-0.2, -0.15) is 0 Å². The van der Waals surface area contributed by atoms with Crippen molar-refractivity contribution in [3.8, 4) is 0 Å². The summed E-state index contributed by atoms with van der Waals surface area (Å²) in [6.45, 7) is 2.69. The first-order chi connectivity index (χ1) is 9.25. The number of halogens is 1. The van der Waals surface area contributed by atoms with Gasteiger partial charge in [-0.25, -0.2) is 0 Å². The van der Waals surface area contributed by atoms with Gasteiger partial charge in [0.25, 0.3) is 0 Å². The Balaban J connectivity index is 1.80. The normalized spacial score (nSPS) is 12.9. The maximum atomic E-state index is 6.15. The Kier molecular flexibility index (Phi) is 3.32. The maximum absolute atomic E-state index is 6.15. The average Bonchev–Trinajstić information content (AvgIpc) is 3.03. The number of nitrogens with one attached hydrogen (secondary N) is 1. The van der Waals surface area contributed by atoms with Crippen LogP contribution in [0.25, 0.3) is 11.0 Å². The van der Waals surface area contributed by atoms with E-state index in [1.807, 2.05) is 36.4 Å². The number of hydrogen-bond acceptors (Lipinski definition) is 3. The molecule has 1 N–H and O–H groups in total. The zero-order chi connectivity index (χ0) is 13.2. The first kappa shape index (κ1) is 12.3. The van der Waals surface area contributed by atoms with Gasteiger partial charge in [0.2, 0.25) is 0 Å². The molecular formula is C15H14ClNO2. The van der Waals surface area contributed by atoms with Crippen molar-refractivity contribution in [1.29, 1.82) is 0 Å². The molecule has 19 heavy (non-hydrogen) atoms. The highest BCUT2D eigenvalue weighted by molar-refractivity contribution is 6.30. The predicted octanol–water partition coefficient (Wildman–Crippen LogP) is 4.53. The van der Waals surface area contributed by atoms with Crippen molar-refractivity contribution < 1.29 is 8.83 Å². The molecule has 3 aromatic rings. The van der Waals surface area contributed by atoms with Crippen LogP contribution in [0, 0.1) is 0 Å². The van der Waals surface area contributed by atoms with Gasteiger partial charge in [-0.3, -0.25) is 0 Å². The minimum absolute atomic E-state index is 0.125. The molecule has 0 saturated heterocycles. The number of rotatable bonds is 4. The lowest BCUT2D eigenvalue weighted by Crippen LogP contribution is -2.17. The van der Waals surface area contributed by atoms with Gasteiger partial charge < -0.3 is 14.2 Å². The summed E-state index contributed by atoms with van der Waals surface area (Å²) in [5, 5.41) is 4.87. The predicted molar refractivity (Wildman–Crippen MR) is 75.2 cm³/mol. The van der Waals surface area contributed by atoms with E-state index < -0.39 is 0 Å². The van der Waals surface area contributed by atoms with Gasteiger partial charge in [0.1, 0.15) is 11.3 Å². The Hall–Kier alpha value is -1.71. The summed E-state index contributed by atoms with van der Waals surface area (Å²) in [6, 6.07) is 11.8. The fourth-order valence-corrected chi connectivity index (χ4v) is 2.38. The van der Waals surface area contributed by atoms with E-state index in [0.717, 1.165) is 22.3 Å². The molecule has 2 aromatic heterocycles. The first-order valence-corrected chi connectivity index (χ1v) is 6.56. The molecule has 0 aliphatic carbocycles. The van der Waals surface area contributed by atoms with Crippen molar-refractivity contribution in [3.63, 3.8) is 0 Å². The number of hydrogen-bond donors (Lipinski definition) is 1. The highest BCUT2D eigenvalue weighted by atomic mass is 35.5. The minimum atomic E-state index is 0.125. The average molecular weight is 276 g/mol. The fraction of sp³-hybridized carbons (Fsp3) is 0.200.